The number of anilines is 1. The maximum atomic E-state index is 13.7. The fraction of sp³-hybridized carbons (Fsp3) is 0.733. The zero-order chi connectivity index (χ0) is 26.5. The van der Waals surface area contributed by atoms with Gasteiger partial charge >= 0.3 is 0 Å². The van der Waals surface area contributed by atoms with Gasteiger partial charge in [-0.3, -0.25) is 9.69 Å². The van der Waals surface area contributed by atoms with Crippen molar-refractivity contribution in [2.24, 2.45) is 11.8 Å². The van der Waals surface area contributed by atoms with E-state index in [1.54, 1.807) is 6.07 Å². The van der Waals surface area contributed by atoms with Gasteiger partial charge in [0.25, 0.3) is 0 Å². The van der Waals surface area contributed by atoms with Gasteiger partial charge in [-0.25, -0.2) is 4.39 Å². The fourth-order valence-corrected chi connectivity index (χ4v) is 6.68. The Labute approximate surface area is 226 Å². The number of nitrogens with one attached hydrogen (secondary N) is 1. The Bertz CT molecular complexity index is 1040. The van der Waals surface area contributed by atoms with E-state index >= 15 is 0 Å². The van der Waals surface area contributed by atoms with E-state index in [9.17, 15) is 9.18 Å². The fourth-order valence-electron chi connectivity index (χ4n) is 6.68. The Balaban J connectivity index is 0.959. The number of fused-ring (bicyclic) bond motifs is 1. The number of aromatic nitrogens is 1. The summed E-state index contributed by atoms with van der Waals surface area (Å²) in [6.45, 7) is 9.05. The second-order valence-electron chi connectivity index (χ2n) is 12.1. The molecule has 1 aliphatic heterocycles. The van der Waals surface area contributed by atoms with Crippen molar-refractivity contribution in [2.75, 3.05) is 37.6 Å². The molecular formula is C30H45FN4O3. The monoisotopic (exact) mass is 528 g/mol. The van der Waals surface area contributed by atoms with Crippen LogP contribution in [0.5, 0.6) is 0 Å². The van der Waals surface area contributed by atoms with Crippen molar-refractivity contribution < 1.29 is 18.4 Å². The predicted octanol–water partition coefficient (Wildman–Crippen LogP) is 5.53. The summed E-state index contributed by atoms with van der Waals surface area (Å²) in [6.07, 6.45) is 11.6. The van der Waals surface area contributed by atoms with Crippen LogP contribution in [0.1, 0.15) is 78.1 Å². The summed E-state index contributed by atoms with van der Waals surface area (Å²) in [5.41, 5.74) is 0.634. The first-order valence-electron chi connectivity index (χ1n) is 14.9. The van der Waals surface area contributed by atoms with Crippen LogP contribution in [0.3, 0.4) is 0 Å². The molecular weight excluding hydrogens is 483 g/mol. The lowest BCUT2D eigenvalue weighted by Gasteiger charge is -2.36. The molecule has 210 valence electrons. The van der Waals surface area contributed by atoms with E-state index in [1.165, 1.54) is 31.4 Å². The molecule has 3 aliphatic rings. The van der Waals surface area contributed by atoms with Crippen molar-refractivity contribution >= 4 is 22.7 Å². The van der Waals surface area contributed by atoms with Crippen molar-refractivity contribution in [1.29, 1.82) is 0 Å². The van der Waals surface area contributed by atoms with Crippen LogP contribution in [0.15, 0.2) is 22.7 Å². The van der Waals surface area contributed by atoms with E-state index in [2.05, 4.69) is 34.1 Å². The quantitative estimate of drug-likeness (QED) is 0.462. The van der Waals surface area contributed by atoms with Crippen LogP contribution in [-0.2, 0) is 9.53 Å². The summed E-state index contributed by atoms with van der Waals surface area (Å²) >= 11 is 0. The highest BCUT2D eigenvalue weighted by molar-refractivity contribution is 5.88. The Hall–Kier alpha value is -2.19. The van der Waals surface area contributed by atoms with Crippen molar-refractivity contribution in [3.8, 4) is 0 Å². The second-order valence-corrected chi connectivity index (χ2v) is 12.1. The third-order valence-electron chi connectivity index (χ3n) is 8.88. The molecule has 5 rings (SSSR count). The summed E-state index contributed by atoms with van der Waals surface area (Å²) in [4.78, 5) is 17.4. The first-order chi connectivity index (χ1) is 18.4. The van der Waals surface area contributed by atoms with E-state index < -0.39 is 0 Å². The number of ether oxygens (including phenoxy) is 1. The van der Waals surface area contributed by atoms with Crippen LogP contribution in [-0.4, -0.2) is 66.9 Å². The molecule has 3 fully saturated rings. The highest BCUT2D eigenvalue weighted by Gasteiger charge is 2.27. The lowest BCUT2D eigenvalue weighted by molar-refractivity contribution is -0.123. The summed E-state index contributed by atoms with van der Waals surface area (Å²) < 4.78 is 25.0. The summed E-state index contributed by atoms with van der Waals surface area (Å²) in [7, 11) is 0. The number of carbonyl (C=O) groups excluding carboxylic acids is 1. The van der Waals surface area contributed by atoms with Crippen LogP contribution < -0.4 is 10.2 Å². The van der Waals surface area contributed by atoms with Gasteiger partial charge in [-0.2, -0.15) is 0 Å². The Morgan fingerprint density at radius 3 is 2.47 bits per heavy atom. The molecule has 7 nitrogen and oxygen atoms in total. The van der Waals surface area contributed by atoms with Gasteiger partial charge in [-0.1, -0.05) is 5.16 Å². The second kappa shape index (κ2) is 12.8. The zero-order valence-electron chi connectivity index (χ0n) is 23.2. The molecule has 38 heavy (non-hydrogen) atoms. The minimum Gasteiger partial charge on any atom is -0.376 e. The first-order valence-corrected chi connectivity index (χ1v) is 14.9. The zero-order valence-corrected chi connectivity index (χ0v) is 23.2. The minimum atomic E-state index is -0.259. The van der Waals surface area contributed by atoms with Gasteiger partial charge in [0.15, 0.2) is 11.4 Å². The molecule has 2 aliphatic carbocycles. The SMILES string of the molecule is CC(C)OC1CCC(CC(=O)N[C@H]2CC[C@H](CCN3CCN(c4noc5ccc(F)cc45)CC3)CC2)CC1. The highest BCUT2D eigenvalue weighted by Crippen LogP contribution is 2.31. The molecule has 0 radical (unpaired) electrons. The number of halogens is 1. The van der Waals surface area contributed by atoms with E-state index in [1.807, 2.05) is 0 Å². The summed E-state index contributed by atoms with van der Waals surface area (Å²) in [6, 6.07) is 4.92. The number of rotatable bonds is 9. The van der Waals surface area contributed by atoms with Crippen LogP contribution in [0, 0.1) is 17.7 Å². The topological polar surface area (TPSA) is 70.8 Å². The van der Waals surface area contributed by atoms with Crippen molar-refractivity contribution in [2.45, 2.75) is 96.3 Å². The lowest BCUT2D eigenvalue weighted by atomic mass is 9.83. The van der Waals surface area contributed by atoms with Gasteiger partial charge in [0.2, 0.25) is 5.91 Å². The molecule has 1 saturated heterocycles. The largest absolute Gasteiger partial charge is 0.376 e. The molecule has 2 aromatic rings. The molecule has 0 spiro atoms. The summed E-state index contributed by atoms with van der Waals surface area (Å²) in [5, 5.41) is 8.31. The Morgan fingerprint density at radius 1 is 1.05 bits per heavy atom. The standard InChI is InChI=1S/C30H45FN4O3/c1-21(2)37-26-10-5-23(6-11-26)19-29(36)32-25-8-3-22(4-9-25)13-14-34-15-17-35(18-16-34)30-27-20-24(31)7-12-28(27)38-33-30/h7,12,20-23,25-26H,3-6,8-11,13-19H2,1-2H3,(H,32,36)/t22-,23?,25-,26?. The molecule has 8 heteroatoms. The van der Waals surface area contributed by atoms with Crippen LogP contribution in [0.2, 0.25) is 0 Å². The maximum Gasteiger partial charge on any atom is 0.220 e. The van der Waals surface area contributed by atoms with Crippen LogP contribution in [0.4, 0.5) is 10.2 Å². The van der Waals surface area contributed by atoms with E-state index in [0.29, 0.717) is 36.2 Å². The molecule has 1 amide bonds. The minimum absolute atomic E-state index is 0.252. The average molecular weight is 529 g/mol. The highest BCUT2D eigenvalue weighted by atomic mass is 19.1. The number of nitrogens with zero attached hydrogens (tertiary/aromatic N) is 3. The number of hydrogen-bond acceptors (Lipinski definition) is 6. The van der Waals surface area contributed by atoms with E-state index in [4.69, 9.17) is 9.26 Å². The molecule has 1 aromatic carbocycles. The van der Waals surface area contributed by atoms with E-state index in [-0.39, 0.29) is 11.7 Å². The number of amides is 1. The van der Waals surface area contributed by atoms with Gasteiger partial charge in [-0.05, 0) is 108 Å². The van der Waals surface area contributed by atoms with Gasteiger partial charge < -0.3 is 19.5 Å². The van der Waals surface area contributed by atoms with Crippen molar-refractivity contribution in [1.82, 2.24) is 15.4 Å². The average Bonchev–Trinajstić information content (AvgIpc) is 3.32. The van der Waals surface area contributed by atoms with Crippen LogP contribution >= 0.6 is 0 Å². The van der Waals surface area contributed by atoms with Crippen LogP contribution in [0.25, 0.3) is 11.0 Å². The number of piperazine rings is 1. The van der Waals surface area contributed by atoms with Gasteiger partial charge in [0.05, 0.1) is 17.6 Å². The summed E-state index contributed by atoms with van der Waals surface area (Å²) in [5.74, 6) is 2.02. The van der Waals surface area contributed by atoms with Crippen molar-refractivity contribution in [3.05, 3.63) is 24.0 Å². The molecule has 1 aromatic heterocycles. The number of carbonyl (C=O) groups is 1. The van der Waals surface area contributed by atoms with Gasteiger partial charge in [-0.15, -0.1) is 0 Å². The predicted molar refractivity (Wildman–Crippen MR) is 148 cm³/mol. The maximum absolute atomic E-state index is 13.7. The molecule has 2 heterocycles. The normalized spacial score (nSPS) is 27.2. The number of benzene rings is 1. The van der Waals surface area contributed by atoms with E-state index in [0.717, 1.165) is 88.4 Å². The third kappa shape index (κ3) is 7.26. The molecule has 0 unspecified atom stereocenters. The molecule has 0 atom stereocenters. The molecule has 1 N–H and O–H groups in total. The molecule has 0 bridgehead atoms. The third-order valence-corrected chi connectivity index (χ3v) is 8.88. The Morgan fingerprint density at radius 2 is 1.76 bits per heavy atom. The first kappa shape index (κ1) is 27.4. The Kier molecular flexibility index (Phi) is 9.20. The molecule has 2 saturated carbocycles. The van der Waals surface area contributed by atoms with Crippen molar-refractivity contribution in [3.63, 3.8) is 0 Å². The smallest absolute Gasteiger partial charge is 0.220 e. The number of hydrogen-bond donors (Lipinski definition) is 1. The van der Waals surface area contributed by atoms with Gasteiger partial charge in [0, 0.05) is 38.6 Å². The lowest BCUT2D eigenvalue weighted by Crippen LogP contribution is -2.47. The van der Waals surface area contributed by atoms with Gasteiger partial charge in [0.1, 0.15) is 5.82 Å².